The second-order valence-corrected chi connectivity index (χ2v) is 4.22. The fraction of sp³-hybridized carbons (Fsp3) is 0.545. The van der Waals surface area contributed by atoms with Crippen LogP contribution in [0.4, 0.5) is 24.8 Å². The van der Waals surface area contributed by atoms with Gasteiger partial charge in [0.15, 0.2) is 0 Å². The quantitative estimate of drug-likeness (QED) is 0.857. The summed E-state index contributed by atoms with van der Waals surface area (Å²) in [5.41, 5.74) is 4.58. The first-order chi connectivity index (χ1) is 8.45. The van der Waals surface area contributed by atoms with Crippen molar-refractivity contribution in [3.63, 3.8) is 0 Å². The van der Waals surface area contributed by atoms with Crippen LogP contribution in [-0.2, 0) is 10.9 Å². The zero-order valence-corrected chi connectivity index (χ0v) is 9.63. The molecule has 2 rings (SSSR count). The fourth-order valence-corrected chi connectivity index (χ4v) is 1.85. The molecule has 1 aliphatic rings. The van der Waals surface area contributed by atoms with Crippen LogP contribution in [0.3, 0.4) is 0 Å². The van der Waals surface area contributed by atoms with Gasteiger partial charge in [0, 0.05) is 6.61 Å². The van der Waals surface area contributed by atoms with Gasteiger partial charge in [-0.15, -0.1) is 0 Å². The summed E-state index contributed by atoms with van der Waals surface area (Å²) in [4.78, 5) is 3.85. The highest BCUT2D eigenvalue weighted by Crippen LogP contribution is 2.31. The molecule has 0 radical (unpaired) electrons. The molecule has 0 bridgehead atoms. The van der Waals surface area contributed by atoms with Crippen molar-refractivity contribution in [2.24, 2.45) is 0 Å². The standard InChI is InChI=1S/C11H14F3N3O/c12-11(13,14)7-4-9(15)17-10(5-7)16-8-2-1-3-18-6-8/h4-5,8H,1-3,6H2,(H3,15,16,17). The average Bonchev–Trinajstić information content (AvgIpc) is 2.28. The highest BCUT2D eigenvalue weighted by molar-refractivity contribution is 5.48. The van der Waals surface area contributed by atoms with E-state index in [1.807, 2.05) is 0 Å². The first-order valence-corrected chi connectivity index (χ1v) is 5.64. The van der Waals surface area contributed by atoms with Gasteiger partial charge in [-0.25, -0.2) is 4.98 Å². The summed E-state index contributed by atoms with van der Waals surface area (Å²) < 4.78 is 43.0. The first kappa shape index (κ1) is 12.9. The smallest absolute Gasteiger partial charge is 0.384 e. The number of pyridine rings is 1. The van der Waals surface area contributed by atoms with Crippen molar-refractivity contribution >= 4 is 11.6 Å². The molecule has 1 aromatic rings. The van der Waals surface area contributed by atoms with E-state index in [2.05, 4.69) is 10.3 Å². The minimum absolute atomic E-state index is 0.0193. The number of aromatic nitrogens is 1. The van der Waals surface area contributed by atoms with Crippen LogP contribution in [0.15, 0.2) is 12.1 Å². The lowest BCUT2D eigenvalue weighted by Crippen LogP contribution is -2.30. The number of rotatable bonds is 2. The van der Waals surface area contributed by atoms with Crippen LogP contribution in [0.1, 0.15) is 18.4 Å². The maximum atomic E-state index is 12.6. The van der Waals surface area contributed by atoms with E-state index in [1.54, 1.807) is 0 Å². The predicted molar refractivity (Wildman–Crippen MR) is 61.1 cm³/mol. The summed E-state index contributed by atoms with van der Waals surface area (Å²) in [6.45, 7) is 1.16. The minimum Gasteiger partial charge on any atom is -0.384 e. The van der Waals surface area contributed by atoms with Gasteiger partial charge in [-0.05, 0) is 25.0 Å². The van der Waals surface area contributed by atoms with Gasteiger partial charge in [-0.3, -0.25) is 0 Å². The Morgan fingerprint density at radius 2 is 2.17 bits per heavy atom. The topological polar surface area (TPSA) is 60.2 Å². The van der Waals surface area contributed by atoms with Crippen LogP contribution >= 0.6 is 0 Å². The molecule has 100 valence electrons. The summed E-state index contributed by atoms with van der Waals surface area (Å²) in [6.07, 6.45) is -2.69. The summed E-state index contributed by atoms with van der Waals surface area (Å²) >= 11 is 0. The largest absolute Gasteiger partial charge is 0.416 e. The molecule has 18 heavy (non-hydrogen) atoms. The van der Waals surface area contributed by atoms with Crippen LogP contribution in [0, 0.1) is 0 Å². The molecule has 2 heterocycles. The molecule has 1 fully saturated rings. The van der Waals surface area contributed by atoms with E-state index in [4.69, 9.17) is 10.5 Å². The third kappa shape index (κ3) is 3.25. The van der Waals surface area contributed by atoms with Gasteiger partial charge in [-0.2, -0.15) is 13.2 Å². The lowest BCUT2D eigenvalue weighted by atomic mass is 10.1. The molecule has 0 saturated carbocycles. The van der Waals surface area contributed by atoms with Crippen molar-refractivity contribution in [2.45, 2.75) is 25.1 Å². The van der Waals surface area contributed by atoms with Crippen molar-refractivity contribution in [1.82, 2.24) is 4.98 Å². The minimum atomic E-state index is -4.42. The SMILES string of the molecule is Nc1cc(C(F)(F)F)cc(NC2CCCOC2)n1. The summed E-state index contributed by atoms with van der Waals surface area (Å²) in [5, 5.41) is 2.92. The maximum absolute atomic E-state index is 12.6. The van der Waals surface area contributed by atoms with Crippen molar-refractivity contribution < 1.29 is 17.9 Å². The van der Waals surface area contributed by atoms with Gasteiger partial charge in [0.05, 0.1) is 18.2 Å². The van der Waals surface area contributed by atoms with E-state index in [0.29, 0.717) is 13.2 Å². The monoisotopic (exact) mass is 261 g/mol. The number of nitrogen functional groups attached to an aromatic ring is 1. The normalized spacial score (nSPS) is 20.7. The first-order valence-electron chi connectivity index (χ1n) is 5.64. The van der Waals surface area contributed by atoms with E-state index in [1.165, 1.54) is 0 Å². The number of anilines is 2. The Bertz CT molecular complexity index is 416. The van der Waals surface area contributed by atoms with Gasteiger partial charge in [0.25, 0.3) is 0 Å². The van der Waals surface area contributed by atoms with Gasteiger partial charge in [0.2, 0.25) is 0 Å². The van der Waals surface area contributed by atoms with E-state index < -0.39 is 11.7 Å². The second kappa shape index (κ2) is 5.01. The van der Waals surface area contributed by atoms with E-state index >= 15 is 0 Å². The van der Waals surface area contributed by atoms with Crippen LogP contribution in [0.2, 0.25) is 0 Å². The average molecular weight is 261 g/mol. The molecule has 0 aliphatic carbocycles. The summed E-state index contributed by atoms with van der Waals surface area (Å²) in [6, 6.07) is 1.77. The summed E-state index contributed by atoms with van der Waals surface area (Å²) in [5.74, 6) is -0.0122. The molecule has 1 atom stereocenters. The molecule has 4 nitrogen and oxygen atoms in total. The molecule has 3 N–H and O–H groups in total. The lowest BCUT2D eigenvalue weighted by Gasteiger charge is -2.24. The number of ether oxygens (including phenoxy) is 1. The van der Waals surface area contributed by atoms with Gasteiger partial charge < -0.3 is 15.8 Å². The maximum Gasteiger partial charge on any atom is 0.416 e. The molecule has 7 heteroatoms. The molecule has 1 aliphatic heterocycles. The number of alkyl halides is 3. The Morgan fingerprint density at radius 1 is 1.39 bits per heavy atom. The Balaban J connectivity index is 2.14. The summed E-state index contributed by atoms with van der Waals surface area (Å²) in [7, 11) is 0. The fourth-order valence-electron chi connectivity index (χ4n) is 1.85. The highest BCUT2D eigenvalue weighted by Gasteiger charge is 2.31. The van der Waals surface area contributed by atoms with E-state index in [0.717, 1.165) is 25.0 Å². The molecule has 0 spiro atoms. The number of hydrogen-bond acceptors (Lipinski definition) is 4. The number of nitrogens with two attached hydrogens (primary N) is 1. The van der Waals surface area contributed by atoms with Crippen LogP contribution in [-0.4, -0.2) is 24.2 Å². The molecule has 1 unspecified atom stereocenters. The second-order valence-electron chi connectivity index (χ2n) is 4.22. The van der Waals surface area contributed by atoms with Crippen LogP contribution in [0.5, 0.6) is 0 Å². The lowest BCUT2D eigenvalue weighted by molar-refractivity contribution is -0.137. The Hall–Kier alpha value is -1.50. The van der Waals surface area contributed by atoms with Crippen molar-refractivity contribution in [2.75, 3.05) is 24.3 Å². The van der Waals surface area contributed by atoms with Gasteiger partial charge in [0.1, 0.15) is 11.6 Å². The molecular formula is C11H14F3N3O. The third-order valence-corrected chi connectivity index (χ3v) is 2.68. The van der Waals surface area contributed by atoms with Gasteiger partial charge in [-0.1, -0.05) is 0 Å². The molecular weight excluding hydrogens is 247 g/mol. The number of hydrogen-bond donors (Lipinski definition) is 2. The molecule has 1 aromatic heterocycles. The Morgan fingerprint density at radius 3 is 2.78 bits per heavy atom. The number of nitrogens with zero attached hydrogens (tertiary/aromatic N) is 1. The van der Waals surface area contributed by atoms with Crippen LogP contribution < -0.4 is 11.1 Å². The predicted octanol–water partition coefficient (Wildman–Crippen LogP) is 2.27. The molecule has 0 aromatic carbocycles. The van der Waals surface area contributed by atoms with E-state index in [-0.39, 0.29) is 17.7 Å². The van der Waals surface area contributed by atoms with Gasteiger partial charge >= 0.3 is 6.18 Å². The molecule has 0 amide bonds. The zero-order chi connectivity index (χ0) is 13.2. The number of nitrogens with one attached hydrogen (secondary N) is 1. The number of halogens is 3. The van der Waals surface area contributed by atoms with E-state index in [9.17, 15) is 13.2 Å². The van der Waals surface area contributed by atoms with Crippen molar-refractivity contribution in [1.29, 1.82) is 0 Å². The third-order valence-electron chi connectivity index (χ3n) is 2.68. The van der Waals surface area contributed by atoms with Crippen molar-refractivity contribution in [3.8, 4) is 0 Å². The van der Waals surface area contributed by atoms with Crippen LogP contribution in [0.25, 0.3) is 0 Å². The Labute approximate surface area is 102 Å². The zero-order valence-electron chi connectivity index (χ0n) is 9.63. The Kier molecular flexibility index (Phi) is 3.60. The highest BCUT2D eigenvalue weighted by atomic mass is 19.4. The molecule has 1 saturated heterocycles. The van der Waals surface area contributed by atoms with Crippen molar-refractivity contribution in [3.05, 3.63) is 17.7 Å².